The number of aromatic amines is 1. The number of nitrogens with zero attached hydrogens (tertiary/aromatic N) is 1. The Morgan fingerprint density at radius 1 is 0.800 bits per heavy atom. The summed E-state index contributed by atoms with van der Waals surface area (Å²) in [5.74, 6) is -0.351. The Morgan fingerprint density at radius 2 is 1.46 bits per heavy atom. The van der Waals surface area contributed by atoms with Crippen LogP contribution in [0.3, 0.4) is 0 Å². The van der Waals surface area contributed by atoms with Gasteiger partial charge in [-0.15, -0.1) is 0 Å². The average molecular weight is 465 g/mol. The van der Waals surface area contributed by atoms with E-state index in [0.29, 0.717) is 40.0 Å². The molecule has 172 valence electrons. The summed E-state index contributed by atoms with van der Waals surface area (Å²) in [5, 5.41) is 13.6. The molecule has 4 aromatic carbocycles. The van der Waals surface area contributed by atoms with Gasteiger partial charge in [0.1, 0.15) is 5.82 Å². The van der Waals surface area contributed by atoms with Crippen LogP contribution in [-0.4, -0.2) is 16.2 Å². The minimum absolute atomic E-state index is 0.240. The van der Waals surface area contributed by atoms with Gasteiger partial charge in [-0.1, -0.05) is 54.6 Å². The number of hydrogen-bond acceptors (Lipinski definition) is 3. The number of H-pyrrole nitrogens is 1. The Kier molecular flexibility index (Phi) is 6.05. The van der Waals surface area contributed by atoms with Crippen LogP contribution in [0.2, 0.25) is 0 Å². The molecule has 5 rings (SSSR count). The maximum Gasteiger partial charge on any atom is 0.323 e. The van der Waals surface area contributed by atoms with E-state index >= 15 is 0 Å². The lowest BCUT2D eigenvalue weighted by Gasteiger charge is -2.10. The zero-order valence-electron chi connectivity index (χ0n) is 18.6. The Hall–Kier alpha value is -4.78. The predicted molar refractivity (Wildman–Crippen MR) is 136 cm³/mol. The quantitative estimate of drug-likeness (QED) is 0.300. The van der Waals surface area contributed by atoms with E-state index in [2.05, 4.69) is 20.8 Å². The van der Waals surface area contributed by atoms with Crippen molar-refractivity contribution >= 4 is 28.2 Å². The van der Waals surface area contributed by atoms with Gasteiger partial charge in [-0.25, -0.2) is 14.3 Å². The molecule has 0 saturated carbocycles. The number of para-hydroxylation sites is 1. The molecule has 0 fully saturated rings. The van der Waals surface area contributed by atoms with Crippen LogP contribution in [-0.2, 0) is 6.42 Å². The van der Waals surface area contributed by atoms with Gasteiger partial charge in [0.25, 0.3) is 5.56 Å². The molecule has 6 nitrogen and oxygen atoms in total. The molecule has 0 aliphatic rings. The molecule has 0 unspecified atom stereocenters. The third kappa shape index (κ3) is 4.94. The van der Waals surface area contributed by atoms with Crippen LogP contribution in [0.5, 0.6) is 0 Å². The number of halogens is 1. The highest BCUT2D eigenvalue weighted by Gasteiger charge is 2.11. The molecule has 0 saturated heterocycles. The number of fused-ring (bicyclic) bond motifs is 1. The minimum atomic E-state index is -0.363. The SMILES string of the molecule is O=C(Nc1ccccc1)Nc1ccc(-c2cc(Cc3n[nH]c(=O)c4ccccc34)ccc2F)cc1. The molecule has 0 spiro atoms. The van der Waals surface area contributed by atoms with Crippen molar-refractivity contribution in [3.05, 3.63) is 124 Å². The number of carbonyl (C=O) groups is 1. The predicted octanol–water partition coefficient (Wildman–Crippen LogP) is 5.96. The molecule has 2 amide bonds. The number of carbonyl (C=O) groups excluding carboxylic acids is 1. The lowest BCUT2D eigenvalue weighted by atomic mass is 9.98. The van der Waals surface area contributed by atoms with Gasteiger partial charge in [0.05, 0.1) is 11.1 Å². The standard InChI is InChI=1S/C28H21FN4O2/c29-25-15-10-18(17-26-22-8-4-5-9-23(22)27(34)33-32-26)16-24(25)19-11-13-21(14-12-19)31-28(35)30-20-6-2-1-3-7-20/h1-16H,17H2,(H,33,34)(H2,30,31,35). The molecule has 3 N–H and O–H groups in total. The molecule has 0 radical (unpaired) electrons. The van der Waals surface area contributed by atoms with E-state index in [9.17, 15) is 14.0 Å². The monoisotopic (exact) mass is 464 g/mol. The Bertz CT molecular complexity index is 1560. The Morgan fingerprint density at radius 3 is 2.20 bits per heavy atom. The van der Waals surface area contributed by atoms with E-state index < -0.39 is 0 Å². The number of hydrogen-bond donors (Lipinski definition) is 3. The lowest BCUT2D eigenvalue weighted by Crippen LogP contribution is -2.19. The second-order valence-electron chi connectivity index (χ2n) is 8.06. The van der Waals surface area contributed by atoms with E-state index in [0.717, 1.165) is 10.9 Å². The van der Waals surface area contributed by atoms with Crippen molar-refractivity contribution in [3.63, 3.8) is 0 Å². The van der Waals surface area contributed by atoms with Crippen molar-refractivity contribution < 1.29 is 9.18 Å². The molecule has 1 aromatic heterocycles. The van der Waals surface area contributed by atoms with Crippen molar-refractivity contribution in [1.82, 2.24) is 10.2 Å². The van der Waals surface area contributed by atoms with Crippen LogP contribution in [0, 0.1) is 5.82 Å². The smallest absolute Gasteiger partial charge is 0.308 e. The first-order chi connectivity index (χ1) is 17.1. The van der Waals surface area contributed by atoms with Crippen molar-refractivity contribution in [2.75, 3.05) is 10.6 Å². The van der Waals surface area contributed by atoms with Gasteiger partial charge in [-0.2, -0.15) is 5.10 Å². The largest absolute Gasteiger partial charge is 0.323 e. The number of nitrogens with one attached hydrogen (secondary N) is 3. The molecule has 35 heavy (non-hydrogen) atoms. The number of anilines is 2. The molecular formula is C28H21FN4O2. The van der Waals surface area contributed by atoms with E-state index in [1.807, 2.05) is 30.3 Å². The zero-order valence-corrected chi connectivity index (χ0v) is 18.6. The van der Waals surface area contributed by atoms with E-state index in [1.54, 1.807) is 60.7 Å². The normalized spacial score (nSPS) is 10.8. The number of amides is 2. The van der Waals surface area contributed by atoms with Crippen molar-refractivity contribution in [2.45, 2.75) is 6.42 Å². The molecule has 0 aliphatic carbocycles. The fourth-order valence-corrected chi connectivity index (χ4v) is 3.95. The molecule has 0 bridgehead atoms. The highest BCUT2D eigenvalue weighted by molar-refractivity contribution is 5.99. The summed E-state index contributed by atoms with van der Waals surface area (Å²) >= 11 is 0. The lowest BCUT2D eigenvalue weighted by molar-refractivity contribution is 0.262. The maximum atomic E-state index is 14.7. The summed E-state index contributed by atoms with van der Waals surface area (Å²) in [5.41, 5.74) is 3.72. The highest BCUT2D eigenvalue weighted by Crippen LogP contribution is 2.27. The summed E-state index contributed by atoms with van der Waals surface area (Å²) in [4.78, 5) is 24.3. The van der Waals surface area contributed by atoms with Gasteiger partial charge in [0.2, 0.25) is 0 Å². The van der Waals surface area contributed by atoms with Crippen LogP contribution in [0.4, 0.5) is 20.6 Å². The summed E-state index contributed by atoms with van der Waals surface area (Å²) < 4.78 is 14.7. The summed E-state index contributed by atoms with van der Waals surface area (Å²) in [6.45, 7) is 0. The van der Waals surface area contributed by atoms with Crippen molar-refractivity contribution in [2.24, 2.45) is 0 Å². The van der Waals surface area contributed by atoms with Gasteiger partial charge in [-0.3, -0.25) is 4.79 Å². The number of aromatic nitrogens is 2. The molecular weight excluding hydrogens is 443 g/mol. The Balaban J connectivity index is 1.35. The number of urea groups is 1. The van der Waals surface area contributed by atoms with Crippen LogP contribution in [0.1, 0.15) is 11.3 Å². The fraction of sp³-hybridized carbons (Fsp3) is 0.0357. The first-order valence-corrected chi connectivity index (χ1v) is 11.0. The number of benzene rings is 4. The third-order valence-electron chi connectivity index (χ3n) is 5.66. The molecule has 0 atom stereocenters. The van der Waals surface area contributed by atoms with Crippen LogP contribution < -0.4 is 16.2 Å². The Labute approximate surface area is 200 Å². The maximum absolute atomic E-state index is 14.7. The topological polar surface area (TPSA) is 86.9 Å². The zero-order chi connectivity index (χ0) is 24.2. The third-order valence-corrected chi connectivity index (χ3v) is 5.66. The van der Waals surface area contributed by atoms with Crippen LogP contribution in [0.15, 0.2) is 102 Å². The summed E-state index contributed by atoms with van der Waals surface area (Å²) in [6.07, 6.45) is 0.434. The average Bonchev–Trinajstić information content (AvgIpc) is 2.88. The number of rotatable bonds is 5. The van der Waals surface area contributed by atoms with Gasteiger partial charge in [-0.05, 0) is 53.6 Å². The van der Waals surface area contributed by atoms with E-state index in [4.69, 9.17) is 0 Å². The van der Waals surface area contributed by atoms with E-state index in [-0.39, 0.29) is 17.4 Å². The van der Waals surface area contributed by atoms with Crippen LogP contribution in [0.25, 0.3) is 21.9 Å². The molecule has 5 aromatic rings. The summed E-state index contributed by atoms with van der Waals surface area (Å²) in [6, 6.07) is 27.9. The fourth-order valence-electron chi connectivity index (χ4n) is 3.95. The van der Waals surface area contributed by atoms with Crippen molar-refractivity contribution in [1.29, 1.82) is 0 Å². The second kappa shape index (κ2) is 9.61. The van der Waals surface area contributed by atoms with Crippen LogP contribution >= 0.6 is 0 Å². The second-order valence-corrected chi connectivity index (χ2v) is 8.06. The van der Waals surface area contributed by atoms with Gasteiger partial charge in [0.15, 0.2) is 0 Å². The van der Waals surface area contributed by atoms with Crippen molar-refractivity contribution in [3.8, 4) is 11.1 Å². The highest BCUT2D eigenvalue weighted by atomic mass is 19.1. The molecule has 0 aliphatic heterocycles. The minimum Gasteiger partial charge on any atom is -0.308 e. The first kappa shape index (κ1) is 22.0. The van der Waals surface area contributed by atoms with Gasteiger partial charge < -0.3 is 10.6 Å². The van der Waals surface area contributed by atoms with E-state index in [1.165, 1.54) is 6.07 Å². The molecule has 7 heteroatoms. The summed E-state index contributed by atoms with van der Waals surface area (Å²) in [7, 11) is 0. The van der Waals surface area contributed by atoms with Gasteiger partial charge >= 0.3 is 6.03 Å². The van der Waals surface area contributed by atoms with Gasteiger partial charge in [0, 0.05) is 28.7 Å². The first-order valence-electron chi connectivity index (χ1n) is 11.0. The molecule has 1 heterocycles.